The number of likely N-dealkylation sites (N-methyl/N-ethyl adjacent to an activating group) is 1. The van der Waals surface area contributed by atoms with E-state index >= 15 is 0 Å². The number of hydrogen-bond donors (Lipinski definition) is 2. The maximum atomic E-state index is 13.2. The molecule has 180 valence electrons. The first-order chi connectivity index (χ1) is 16.6. The molecule has 2 N–H and O–H groups in total. The molecule has 2 saturated heterocycles. The standard InChI is InChI=1S/C25H34N8O/c1-31-11-13-32(14-12-31)20-7-8-21(27-17-20)29-24-28-16-18-15-25(9-4-10-26-23(25)34)33(22(18)30-24)19-5-2-3-6-19/h7-8,16-17,19H,2-6,9-15H2,1H3,(H,26,34)(H,27,28,29,30). The second-order valence-corrected chi connectivity index (χ2v) is 10.2. The zero-order chi connectivity index (χ0) is 23.1. The van der Waals surface area contributed by atoms with Crippen LogP contribution in [0.25, 0.3) is 0 Å². The van der Waals surface area contributed by atoms with E-state index in [0.717, 1.165) is 81.3 Å². The molecule has 0 radical (unpaired) electrons. The van der Waals surface area contributed by atoms with Crippen LogP contribution in [0.3, 0.4) is 0 Å². The number of nitrogens with one attached hydrogen (secondary N) is 2. The van der Waals surface area contributed by atoms with Crippen LogP contribution in [0.2, 0.25) is 0 Å². The lowest BCUT2D eigenvalue weighted by atomic mass is 9.84. The second-order valence-electron chi connectivity index (χ2n) is 10.2. The molecule has 1 aliphatic carbocycles. The van der Waals surface area contributed by atoms with Gasteiger partial charge in [-0.2, -0.15) is 4.98 Å². The first-order valence-corrected chi connectivity index (χ1v) is 12.7. The van der Waals surface area contributed by atoms with Crippen molar-refractivity contribution in [1.82, 2.24) is 25.2 Å². The number of carbonyl (C=O) groups excluding carboxylic acids is 1. The molecule has 0 aromatic carbocycles. The zero-order valence-corrected chi connectivity index (χ0v) is 20.0. The number of carbonyl (C=O) groups is 1. The number of amides is 1. The summed E-state index contributed by atoms with van der Waals surface area (Å²) in [6, 6.07) is 4.48. The van der Waals surface area contributed by atoms with Gasteiger partial charge in [0.15, 0.2) is 0 Å². The average Bonchev–Trinajstić information content (AvgIpc) is 3.48. The van der Waals surface area contributed by atoms with E-state index in [4.69, 9.17) is 4.98 Å². The van der Waals surface area contributed by atoms with E-state index in [2.05, 4.69) is 48.4 Å². The van der Waals surface area contributed by atoms with Crippen LogP contribution in [0.15, 0.2) is 24.5 Å². The molecule has 6 rings (SSSR count). The van der Waals surface area contributed by atoms with Gasteiger partial charge < -0.3 is 25.3 Å². The Morgan fingerprint density at radius 1 is 1.06 bits per heavy atom. The van der Waals surface area contributed by atoms with E-state index in [0.29, 0.717) is 18.4 Å². The Bertz CT molecular complexity index is 1050. The monoisotopic (exact) mass is 462 g/mol. The highest BCUT2D eigenvalue weighted by molar-refractivity contribution is 5.93. The van der Waals surface area contributed by atoms with Crippen LogP contribution in [0, 0.1) is 0 Å². The maximum Gasteiger partial charge on any atom is 0.246 e. The highest BCUT2D eigenvalue weighted by atomic mass is 16.2. The molecular weight excluding hydrogens is 428 g/mol. The maximum absolute atomic E-state index is 13.2. The van der Waals surface area contributed by atoms with Gasteiger partial charge in [-0.05, 0) is 44.9 Å². The number of piperazine rings is 1. The molecule has 1 atom stereocenters. The summed E-state index contributed by atoms with van der Waals surface area (Å²) in [5.41, 5.74) is 1.71. The van der Waals surface area contributed by atoms with Gasteiger partial charge in [0.2, 0.25) is 11.9 Å². The van der Waals surface area contributed by atoms with Crippen LogP contribution in [-0.2, 0) is 11.2 Å². The third kappa shape index (κ3) is 3.76. The van der Waals surface area contributed by atoms with Crippen molar-refractivity contribution in [3.05, 3.63) is 30.1 Å². The average molecular weight is 463 g/mol. The first-order valence-electron chi connectivity index (χ1n) is 12.7. The fourth-order valence-corrected chi connectivity index (χ4v) is 6.16. The van der Waals surface area contributed by atoms with Gasteiger partial charge in [0.1, 0.15) is 17.2 Å². The molecule has 9 heteroatoms. The number of piperidine rings is 1. The van der Waals surface area contributed by atoms with Gasteiger partial charge >= 0.3 is 0 Å². The molecule has 2 aromatic rings. The predicted molar refractivity (Wildman–Crippen MR) is 133 cm³/mol. The van der Waals surface area contributed by atoms with Crippen LogP contribution < -0.4 is 20.4 Å². The number of fused-ring (bicyclic) bond motifs is 1. The Hall–Kier alpha value is -2.94. The number of rotatable bonds is 4. The van der Waals surface area contributed by atoms with Crippen LogP contribution >= 0.6 is 0 Å². The van der Waals surface area contributed by atoms with Gasteiger partial charge in [-0.1, -0.05) is 12.8 Å². The molecule has 1 saturated carbocycles. The molecule has 3 fully saturated rings. The summed E-state index contributed by atoms with van der Waals surface area (Å²) in [7, 11) is 2.16. The number of aromatic nitrogens is 3. The molecule has 1 amide bonds. The molecule has 0 bridgehead atoms. The first kappa shape index (κ1) is 21.6. The van der Waals surface area contributed by atoms with Crippen LogP contribution in [0.4, 0.5) is 23.3 Å². The quantitative estimate of drug-likeness (QED) is 0.716. The fraction of sp³-hybridized carbons (Fsp3) is 0.600. The smallest absolute Gasteiger partial charge is 0.246 e. The van der Waals surface area contributed by atoms with Crippen molar-refractivity contribution in [2.45, 2.75) is 56.5 Å². The lowest BCUT2D eigenvalue weighted by Gasteiger charge is -2.44. The van der Waals surface area contributed by atoms with Crippen molar-refractivity contribution in [3.63, 3.8) is 0 Å². The van der Waals surface area contributed by atoms with E-state index < -0.39 is 5.54 Å². The van der Waals surface area contributed by atoms with Crippen molar-refractivity contribution in [1.29, 1.82) is 0 Å². The Balaban J connectivity index is 1.24. The normalized spacial score (nSPS) is 25.6. The number of pyridine rings is 1. The Morgan fingerprint density at radius 3 is 2.62 bits per heavy atom. The van der Waals surface area contributed by atoms with E-state index in [9.17, 15) is 4.79 Å². The molecule has 1 spiro atoms. The van der Waals surface area contributed by atoms with Gasteiger partial charge in [-0.25, -0.2) is 9.97 Å². The predicted octanol–water partition coefficient (Wildman–Crippen LogP) is 2.32. The fourth-order valence-electron chi connectivity index (χ4n) is 6.16. The van der Waals surface area contributed by atoms with Crippen molar-refractivity contribution < 1.29 is 4.79 Å². The minimum atomic E-state index is -0.509. The van der Waals surface area contributed by atoms with Gasteiger partial charge in [0.05, 0.1) is 11.9 Å². The lowest BCUT2D eigenvalue weighted by molar-refractivity contribution is -0.128. The molecule has 9 nitrogen and oxygen atoms in total. The molecule has 2 aromatic heterocycles. The Morgan fingerprint density at radius 2 is 1.88 bits per heavy atom. The van der Waals surface area contributed by atoms with E-state index in [1.807, 2.05) is 18.5 Å². The van der Waals surface area contributed by atoms with Crippen molar-refractivity contribution >= 4 is 29.2 Å². The molecule has 5 heterocycles. The lowest BCUT2D eigenvalue weighted by Crippen LogP contribution is -2.63. The van der Waals surface area contributed by atoms with Crippen LogP contribution in [-0.4, -0.2) is 77.1 Å². The van der Waals surface area contributed by atoms with Gasteiger partial charge in [-0.3, -0.25) is 4.79 Å². The summed E-state index contributed by atoms with van der Waals surface area (Å²) in [6.07, 6.45) is 11.1. The number of anilines is 4. The van der Waals surface area contributed by atoms with Crippen LogP contribution in [0.1, 0.15) is 44.1 Å². The Kier molecular flexibility index (Phi) is 5.51. The summed E-state index contributed by atoms with van der Waals surface area (Å²) in [5.74, 6) is 2.35. The van der Waals surface area contributed by atoms with Gasteiger partial charge in [0, 0.05) is 56.9 Å². The summed E-state index contributed by atoms with van der Waals surface area (Å²) >= 11 is 0. The topological polar surface area (TPSA) is 89.5 Å². The number of nitrogens with zero attached hydrogens (tertiary/aromatic N) is 6. The molecule has 3 aliphatic heterocycles. The Labute approximate surface area is 201 Å². The molecule has 4 aliphatic rings. The van der Waals surface area contributed by atoms with Crippen LogP contribution in [0.5, 0.6) is 0 Å². The van der Waals surface area contributed by atoms with Crippen molar-refractivity contribution in [2.24, 2.45) is 0 Å². The summed E-state index contributed by atoms with van der Waals surface area (Å²) in [6.45, 7) is 4.94. The van der Waals surface area contributed by atoms with Crippen molar-refractivity contribution in [2.75, 3.05) is 54.9 Å². The minimum Gasteiger partial charge on any atom is -0.368 e. The third-order valence-electron chi connectivity index (χ3n) is 8.04. The summed E-state index contributed by atoms with van der Waals surface area (Å²) < 4.78 is 0. The third-order valence-corrected chi connectivity index (χ3v) is 8.04. The zero-order valence-electron chi connectivity index (χ0n) is 20.0. The molecular formula is C25H34N8O. The molecule has 1 unspecified atom stereocenters. The minimum absolute atomic E-state index is 0.152. The summed E-state index contributed by atoms with van der Waals surface area (Å²) in [4.78, 5) is 34.4. The largest absolute Gasteiger partial charge is 0.368 e. The van der Waals surface area contributed by atoms with Crippen molar-refractivity contribution in [3.8, 4) is 0 Å². The highest BCUT2D eigenvalue weighted by Gasteiger charge is 2.54. The van der Waals surface area contributed by atoms with Gasteiger partial charge in [-0.15, -0.1) is 0 Å². The molecule has 34 heavy (non-hydrogen) atoms. The highest BCUT2D eigenvalue weighted by Crippen LogP contribution is 2.46. The van der Waals surface area contributed by atoms with Gasteiger partial charge in [0.25, 0.3) is 0 Å². The second kappa shape index (κ2) is 8.69. The van der Waals surface area contributed by atoms with E-state index in [1.165, 1.54) is 12.8 Å². The number of hydrogen-bond acceptors (Lipinski definition) is 8. The van der Waals surface area contributed by atoms with E-state index in [1.54, 1.807) is 0 Å². The summed E-state index contributed by atoms with van der Waals surface area (Å²) in [5, 5.41) is 6.43. The SMILES string of the molecule is CN1CCN(c2ccc(Nc3ncc4c(n3)N(C3CCCC3)C3(CCCNC3=O)C4)nc2)CC1. The van der Waals surface area contributed by atoms with E-state index in [-0.39, 0.29) is 5.91 Å².